The summed E-state index contributed by atoms with van der Waals surface area (Å²) in [6, 6.07) is 11.9. The zero-order valence-electron chi connectivity index (χ0n) is 40.2. The fraction of sp³-hybridized carbons (Fsp3) is 0.304. The Labute approximate surface area is 405 Å². The van der Waals surface area contributed by atoms with Crippen LogP contribution in [0.3, 0.4) is 0 Å². The first-order chi connectivity index (χ1) is 33.0. The molecule has 6 rings (SSSR count). The average Bonchev–Trinajstić information content (AvgIpc) is 3.30. The van der Waals surface area contributed by atoms with Gasteiger partial charge in [-0.1, -0.05) is 27.7 Å². The first-order valence-corrected chi connectivity index (χ1v) is 24.0. The van der Waals surface area contributed by atoms with E-state index in [1.54, 1.807) is 30.5 Å². The van der Waals surface area contributed by atoms with Gasteiger partial charge in [0.15, 0.2) is 9.79 Å². The van der Waals surface area contributed by atoms with Gasteiger partial charge in [0.05, 0.1) is 27.1 Å². The molecule has 2 aromatic carbocycles. The fourth-order valence-corrected chi connectivity index (χ4v) is 8.95. The van der Waals surface area contributed by atoms with Crippen molar-refractivity contribution in [2.24, 2.45) is 33.3 Å². The van der Waals surface area contributed by atoms with Gasteiger partial charge in [-0.05, 0) is 92.7 Å². The van der Waals surface area contributed by atoms with Gasteiger partial charge < -0.3 is 23.7 Å². The molecule has 0 saturated carbocycles. The molecule has 0 bridgehead atoms. The number of carbonyl (C=O) groups excluding carboxylic acids is 1. The number of nitrogens with zero attached hydrogens (tertiary/aromatic N) is 6. The topological polar surface area (TPSA) is 293 Å². The van der Waals surface area contributed by atoms with Crippen LogP contribution in [0.4, 0.5) is 8.78 Å². The number of carboxylic acids is 1. The number of pyridine rings is 2. The van der Waals surface area contributed by atoms with Gasteiger partial charge in [-0.25, -0.2) is 55.0 Å². The second kappa shape index (κ2) is 22.9. The van der Waals surface area contributed by atoms with E-state index in [1.807, 2.05) is 32.4 Å². The van der Waals surface area contributed by atoms with Gasteiger partial charge in [0.25, 0.3) is 21.1 Å². The van der Waals surface area contributed by atoms with Crippen LogP contribution >= 0.6 is 0 Å². The lowest BCUT2D eigenvalue weighted by atomic mass is 9.88. The molecule has 380 valence electrons. The zero-order chi connectivity index (χ0) is 53.4. The minimum absolute atomic E-state index is 0.0209. The van der Waals surface area contributed by atoms with Crippen LogP contribution in [0.5, 0.6) is 11.8 Å². The number of rotatable bonds is 13. The summed E-state index contributed by atoms with van der Waals surface area (Å²) in [5.74, 6) is -2.28. The van der Waals surface area contributed by atoms with E-state index in [0.717, 1.165) is 28.6 Å². The summed E-state index contributed by atoms with van der Waals surface area (Å²) in [7, 11) is -0.834. The van der Waals surface area contributed by atoms with Crippen molar-refractivity contribution in [1.82, 2.24) is 33.0 Å². The summed E-state index contributed by atoms with van der Waals surface area (Å²) < 4.78 is 91.3. The van der Waals surface area contributed by atoms with E-state index in [-0.39, 0.29) is 30.0 Å². The lowest BCUT2D eigenvalue weighted by Crippen LogP contribution is -2.42. The standard InChI is InChI=1S/C23H25FN4O6S.C17H18FNO3.C6H9N3O4S/c1-13(2)16-9-15(24)10-17(14-6-7-25-21(8-14)34-5)18(16)11-20(29)26-35(32,33)19-12-27(3)23(31)28(4)22(19)30;1-10(2)13-7-12(18)8-14(15(13)9-17(20)21)11-4-5-19-16(6-11)22-3;1-8-3-4(14(7,12)13)5(10)9(2)6(8)11/h6-10,12-13H,11H2,1-5H3,(H,26,29);4-8,10H,9H2,1-3H3,(H,20,21);3H,1-2H3,(H2,7,12,13). The number of primary sulfonamides is 1. The third-order valence-corrected chi connectivity index (χ3v) is 12.8. The summed E-state index contributed by atoms with van der Waals surface area (Å²) in [4.78, 5) is 77.5. The molecule has 4 aromatic heterocycles. The third-order valence-electron chi connectivity index (χ3n) is 10.6. The first kappa shape index (κ1) is 56.0. The van der Waals surface area contributed by atoms with Gasteiger partial charge in [-0.2, -0.15) is 0 Å². The van der Waals surface area contributed by atoms with Crippen molar-refractivity contribution in [3.8, 4) is 34.0 Å². The van der Waals surface area contributed by atoms with E-state index in [9.17, 15) is 59.5 Å². The Bertz CT molecular complexity index is 3500. The van der Waals surface area contributed by atoms with Crippen molar-refractivity contribution in [2.45, 2.75) is 62.2 Å². The summed E-state index contributed by atoms with van der Waals surface area (Å²) in [5, 5.41) is 14.0. The molecule has 6 aromatic rings. The number of ether oxygens (including phenoxy) is 2. The van der Waals surface area contributed by atoms with Crippen molar-refractivity contribution >= 4 is 31.9 Å². The first-order valence-electron chi connectivity index (χ1n) is 21.0. The molecule has 4 heterocycles. The van der Waals surface area contributed by atoms with Crippen molar-refractivity contribution < 1.29 is 49.8 Å². The number of amides is 1. The van der Waals surface area contributed by atoms with Crippen LogP contribution in [0.25, 0.3) is 22.3 Å². The van der Waals surface area contributed by atoms with Gasteiger partial charge in [-0.3, -0.25) is 28.3 Å². The number of aliphatic carboxylic acids is 1. The molecule has 0 atom stereocenters. The Kier molecular flexibility index (Phi) is 18.0. The van der Waals surface area contributed by atoms with Crippen LogP contribution in [0.15, 0.2) is 102 Å². The van der Waals surface area contributed by atoms with E-state index in [0.29, 0.717) is 59.5 Å². The number of carbonyl (C=O) groups is 2. The number of nitrogens with one attached hydrogen (secondary N) is 1. The molecule has 0 aliphatic carbocycles. The largest absolute Gasteiger partial charge is 0.481 e. The van der Waals surface area contributed by atoms with E-state index in [1.165, 1.54) is 65.8 Å². The van der Waals surface area contributed by atoms with Crippen molar-refractivity contribution in [3.05, 3.63) is 149 Å². The van der Waals surface area contributed by atoms with Gasteiger partial charge >= 0.3 is 17.3 Å². The number of aryl methyl sites for hydroxylation is 2. The molecule has 71 heavy (non-hydrogen) atoms. The van der Waals surface area contributed by atoms with Gasteiger partial charge in [-0.15, -0.1) is 0 Å². The number of benzene rings is 2. The van der Waals surface area contributed by atoms with E-state index in [4.69, 9.17) is 14.6 Å². The maximum atomic E-state index is 14.5. The molecule has 0 radical (unpaired) electrons. The number of hydrogen-bond acceptors (Lipinski definition) is 14. The predicted octanol–water partition coefficient (Wildman–Crippen LogP) is 2.84. The molecule has 0 saturated heterocycles. The van der Waals surface area contributed by atoms with Gasteiger partial charge in [0.2, 0.25) is 27.7 Å². The van der Waals surface area contributed by atoms with Gasteiger partial charge in [0, 0.05) is 65.1 Å². The smallest absolute Gasteiger partial charge is 0.330 e. The fourth-order valence-electron chi connectivity index (χ4n) is 7.12. The molecule has 21 nitrogen and oxygen atoms in total. The summed E-state index contributed by atoms with van der Waals surface area (Å²) >= 11 is 0. The number of methoxy groups -OCH3 is 2. The molecule has 0 spiro atoms. The Hall–Kier alpha value is -7.64. The van der Waals surface area contributed by atoms with E-state index in [2.05, 4.69) is 9.97 Å². The molecule has 0 fully saturated rings. The van der Waals surface area contributed by atoms with Gasteiger partial charge in [0.1, 0.15) is 11.6 Å². The highest BCUT2D eigenvalue weighted by atomic mass is 32.2. The monoisotopic (exact) mass is 1030 g/mol. The third kappa shape index (κ3) is 13.6. The molecule has 0 aliphatic heterocycles. The van der Waals surface area contributed by atoms with E-state index < -0.39 is 76.5 Å². The second-order valence-electron chi connectivity index (χ2n) is 16.3. The van der Waals surface area contributed by atoms with Crippen LogP contribution in [-0.4, -0.2) is 76.3 Å². The molecule has 4 N–H and O–H groups in total. The molecule has 25 heteroatoms. The van der Waals surface area contributed by atoms with Crippen LogP contribution in [0.2, 0.25) is 0 Å². The number of hydrogen-bond donors (Lipinski definition) is 3. The summed E-state index contributed by atoms with van der Waals surface area (Å²) in [6.45, 7) is 7.46. The molecular weight excluding hydrogens is 975 g/mol. The normalized spacial score (nSPS) is 11.3. The SMILES string of the molecule is COc1cc(-c2cc(F)cc(C(C)C)c2CC(=O)NS(=O)(=O)c2cn(C)c(=O)n(C)c2=O)ccn1.COc1cc(-c2cc(F)cc(C(C)C)c2CC(=O)O)ccn1.Cn1cc(S(N)(=O)=O)c(=O)n(C)c1=O. The van der Waals surface area contributed by atoms with Crippen LogP contribution < -0.4 is 41.8 Å². The van der Waals surface area contributed by atoms with Crippen LogP contribution in [0, 0.1) is 11.6 Å². The van der Waals surface area contributed by atoms with Crippen molar-refractivity contribution in [3.63, 3.8) is 0 Å². The second-order valence-corrected chi connectivity index (χ2v) is 19.5. The Morgan fingerprint density at radius 3 is 1.45 bits per heavy atom. The Balaban J connectivity index is 0.000000258. The predicted molar refractivity (Wildman–Crippen MR) is 256 cm³/mol. The number of halogens is 2. The maximum absolute atomic E-state index is 14.5. The Morgan fingerprint density at radius 2 is 1.07 bits per heavy atom. The van der Waals surface area contributed by atoms with Crippen LogP contribution in [-0.2, 0) is 70.7 Å². The average molecular weight is 1030 g/mol. The zero-order valence-corrected chi connectivity index (χ0v) is 41.8. The highest BCUT2D eigenvalue weighted by Gasteiger charge is 2.26. The number of nitrogens with two attached hydrogens (primary N) is 1. The van der Waals surface area contributed by atoms with Crippen molar-refractivity contribution in [1.29, 1.82) is 0 Å². The van der Waals surface area contributed by atoms with Crippen LogP contribution in [0.1, 0.15) is 61.8 Å². The van der Waals surface area contributed by atoms with Crippen molar-refractivity contribution in [2.75, 3.05) is 14.2 Å². The molecule has 1 amide bonds. The lowest BCUT2D eigenvalue weighted by Gasteiger charge is -2.18. The molecular formula is C46H52F2N8O13S2. The summed E-state index contributed by atoms with van der Waals surface area (Å²) in [5.41, 5.74) is 1.08. The minimum Gasteiger partial charge on any atom is -0.481 e. The minimum atomic E-state index is -4.60. The lowest BCUT2D eigenvalue weighted by molar-refractivity contribution is -0.136. The number of sulfonamides is 2. The molecule has 0 unspecified atom stereocenters. The highest BCUT2D eigenvalue weighted by Crippen LogP contribution is 2.34. The number of aromatic nitrogens is 6. The Morgan fingerprint density at radius 1 is 0.676 bits per heavy atom. The maximum Gasteiger partial charge on any atom is 0.330 e. The summed E-state index contributed by atoms with van der Waals surface area (Å²) in [6.07, 6.45) is 4.20. The molecule has 0 aliphatic rings. The highest BCUT2D eigenvalue weighted by molar-refractivity contribution is 7.90. The number of carboxylic acid groups (broad SMARTS) is 1. The quantitative estimate of drug-likeness (QED) is 0.150. The van der Waals surface area contributed by atoms with E-state index >= 15 is 0 Å².